The molecule has 0 unspecified atom stereocenters. The SMILES string of the molecule is Cc1cccc(N(c2ccc(/C=C/c3ccc(/C=C/c4ccc(N(c5cccc(C)c5)c5ccc(C)cc5C)cc4)cc3)cc2)c2ccc(C)cc2C)c1. The molecule has 0 aliphatic carbocycles. The number of rotatable bonds is 10. The van der Waals surface area contributed by atoms with Crippen molar-refractivity contribution < 1.29 is 0 Å². The van der Waals surface area contributed by atoms with Crippen molar-refractivity contribution in [3.05, 3.63) is 213 Å². The minimum atomic E-state index is 1.14. The second-order valence-corrected chi connectivity index (χ2v) is 14.4. The van der Waals surface area contributed by atoms with E-state index in [-0.39, 0.29) is 0 Å². The van der Waals surface area contributed by atoms with Gasteiger partial charge in [0.25, 0.3) is 0 Å². The van der Waals surface area contributed by atoms with Crippen LogP contribution in [0.15, 0.2) is 158 Å². The fraction of sp³-hybridized carbons (Fsp3) is 0.115. The summed E-state index contributed by atoms with van der Waals surface area (Å²) in [5.41, 5.74) is 19.2. The van der Waals surface area contributed by atoms with Gasteiger partial charge in [0.2, 0.25) is 0 Å². The molecular weight excluding hydrogens is 653 g/mol. The molecule has 0 radical (unpaired) electrons. The van der Waals surface area contributed by atoms with Crippen LogP contribution in [-0.2, 0) is 0 Å². The van der Waals surface area contributed by atoms with Crippen molar-refractivity contribution in [3.63, 3.8) is 0 Å². The van der Waals surface area contributed by atoms with E-state index < -0.39 is 0 Å². The van der Waals surface area contributed by atoms with E-state index in [1.807, 2.05) is 0 Å². The summed E-state index contributed by atoms with van der Waals surface area (Å²) in [5.74, 6) is 0. The maximum Gasteiger partial charge on any atom is 0.0490 e. The van der Waals surface area contributed by atoms with E-state index in [2.05, 4.69) is 233 Å². The van der Waals surface area contributed by atoms with Gasteiger partial charge in [-0.1, -0.05) is 132 Å². The minimum absolute atomic E-state index is 1.14. The highest BCUT2D eigenvalue weighted by molar-refractivity contribution is 5.82. The van der Waals surface area contributed by atoms with Crippen molar-refractivity contribution in [1.82, 2.24) is 0 Å². The molecule has 7 rings (SSSR count). The summed E-state index contributed by atoms with van der Waals surface area (Å²) in [7, 11) is 0. The summed E-state index contributed by atoms with van der Waals surface area (Å²) in [6.45, 7) is 13.0. The fourth-order valence-corrected chi connectivity index (χ4v) is 7.07. The number of hydrogen-bond acceptors (Lipinski definition) is 2. The van der Waals surface area contributed by atoms with Gasteiger partial charge >= 0.3 is 0 Å². The summed E-state index contributed by atoms with van der Waals surface area (Å²) < 4.78 is 0. The Hall–Kier alpha value is -6.38. The lowest BCUT2D eigenvalue weighted by molar-refractivity contribution is 1.23. The Morgan fingerprint density at radius 1 is 0.296 bits per heavy atom. The largest absolute Gasteiger partial charge is 0.310 e. The first-order chi connectivity index (χ1) is 26.2. The van der Waals surface area contributed by atoms with Gasteiger partial charge in [-0.15, -0.1) is 0 Å². The van der Waals surface area contributed by atoms with E-state index in [4.69, 9.17) is 0 Å². The summed E-state index contributed by atoms with van der Waals surface area (Å²) in [6, 6.07) is 57.1. The van der Waals surface area contributed by atoms with Gasteiger partial charge in [-0.2, -0.15) is 0 Å². The molecule has 7 aromatic rings. The van der Waals surface area contributed by atoms with Gasteiger partial charge in [0.15, 0.2) is 0 Å². The van der Waals surface area contributed by atoms with Crippen LogP contribution >= 0.6 is 0 Å². The number of nitrogens with zero attached hydrogens (tertiary/aromatic N) is 2. The summed E-state index contributed by atoms with van der Waals surface area (Å²) in [5, 5.41) is 0. The van der Waals surface area contributed by atoms with Crippen LogP contribution in [-0.4, -0.2) is 0 Å². The molecular formula is C52H48N2. The van der Waals surface area contributed by atoms with Gasteiger partial charge in [0, 0.05) is 34.1 Å². The average Bonchev–Trinajstić information content (AvgIpc) is 3.17. The third-order valence-electron chi connectivity index (χ3n) is 9.88. The zero-order valence-corrected chi connectivity index (χ0v) is 32.2. The third-order valence-corrected chi connectivity index (χ3v) is 9.88. The van der Waals surface area contributed by atoms with Crippen molar-refractivity contribution in [1.29, 1.82) is 0 Å². The van der Waals surface area contributed by atoms with Crippen LogP contribution in [0.3, 0.4) is 0 Å². The number of anilines is 6. The van der Waals surface area contributed by atoms with Crippen LogP contribution in [0, 0.1) is 41.5 Å². The highest BCUT2D eigenvalue weighted by Gasteiger charge is 2.16. The molecule has 0 aliphatic rings. The van der Waals surface area contributed by atoms with Crippen LogP contribution in [0.5, 0.6) is 0 Å². The Kier molecular flexibility index (Phi) is 10.7. The predicted molar refractivity (Wildman–Crippen MR) is 235 cm³/mol. The molecule has 0 heterocycles. The van der Waals surface area contributed by atoms with E-state index >= 15 is 0 Å². The Morgan fingerprint density at radius 3 is 0.926 bits per heavy atom. The first-order valence-electron chi connectivity index (χ1n) is 18.7. The quantitative estimate of drug-likeness (QED) is 0.131. The highest BCUT2D eigenvalue weighted by atomic mass is 15.1. The monoisotopic (exact) mass is 700 g/mol. The zero-order chi connectivity index (χ0) is 37.6. The van der Waals surface area contributed by atoms with E-state index in [0.29, 0.717) is 0 Å². The topological polar surface area (TPSA) is 6.48 Å². The fourth-order valence-electron chi connectivity index (χ4n) is 7.07. The van der Waals surface area contributed by atoms with Crippen molar-refractivity contribution in [2.45, 2.75) is 41.5 Å². The maximum atomic E-state index is 2.35. The molecule has 0 spiro atoms. The van der Waals surface area contributed by atoms with Gasteiger partial charge in [-0.05, 0) is 147 Å². The first kappa shape index (κ1) is 36.0. The van der Waals surface area contributed by atoms with Crippen LogP contribution in [0.2, 0.25) is 0 Å². The van der Waals surface area contributed by atoms with Crippen molar-refractivity contribution in [3.8, 4) is 0 Å². The van der Waals surface area contributed by atoms with E-state index in [1.165, 1.54) is 55.9 Å². The molecule has 0 saturated heterocycles. The van der Waals surface area contributed by atoms with Crippen molar-refractivity contribution >= 4 is 58.4 Å². The van der Waals surface area contributed by atoms with Gasteiger partial charge in [-0.3, -0.25) is 0 Å². The molecule has 2 heteroatoms. The van der Waals surface area contributed by atoms with Gasteiger partial charge in [0.05, 0.1) is 0 Å². The number of aryl methyl sites for hydroxylation is 6. The van der Waals surface area contributed by atoms with Crippen molar-refractivity contribution in [2.75, 3.05) is 9.80 Å². The van der Waals surface area contributed by atoms with Gasteiger partial charge in [0.1, 0.15) is 0 Å². The lowest BCUT2D eigenvalue weighted by atomic mass is 10.1. The Balaban J connectivity index is 1.04. The molecule has 0 N–H and O–H groups in total. The Labute approximate surface area is 322 Å². The van der Waals surface area contributed by atoms with Crippen LogP contribution in [0.4, 0.5) is 34.1 Å². The lowest BCUT2D eigenvalue weighted by Gasteiger charge is -2.27. The average molecular weight is 701 g/mol. The molecule has 0 aromatic heterocycles. The molecule has 2 nitrogen and oxygen atoms in total. The Bertz CT molecular complexity index is 2260. The molecule has 266 valence electrons. The Morgan fingerprint density at radius 2 is 0.611 bits per heavy atom. The summed E-state index contributed by atoms with van der Waals surface area (Å²) in [6.07, 6.45) is 8.73. The van der Waals surface area contributed by atoms with Crippen molar-refractivity contribution in [2.24, 2.45) is 0 Å². The van der Waals surface area contributed by atoms with Gasteiger partial charge < -0.3 is 9.80 Å². The summed E-state index contributed by atoms with van der Waals surface area (Å²) >= 11 is 0. The smallest absolute Gasteiger partial charge is 0.0490 e. The third kappa shape index (κ3) is 8.46. The standard InChI is InChI=1S/C52H48N2/c1-37-9-7-11-49(35-37)53(51-31-13-39(3)33-41(51)5)47-27-23-45(24-28-47)21-19-43-15-17-44(18-16-43)20-22-46-25-29-48(30-26-46)54(50-12-8-10-38(2)36-50)52-32-14-40(4)34-42(52)6/h7-36H,1-6H3/b21-19+,22-20+. The molecule has 0 fully saturated rings. The minimum Gasteiger partial charge on any atom is -0.310 e. The molecule has 7 aromatic carbocycles. The van der Waals surface area contributed by atoms with Crippen LogP contribution in [0.1, 0.15) is 55.6 Å². The van der Waals surface area contributed by atoms with Crippen LogP contribution < -0.4 is 9.80 Å². The highest BCUT2D eigenvalue weighted by Crippen LogP contribution is 2.39. The van der Waals surface area contributed by atoms with Gasteiger partial charge in [-0.25, -0.2) is 0 Å². The lowest BCUT2D eigenvalue weighted by Crippen LogP contribution is -2.11. The first-order valence-corrected chi connectivity index (χ1v) is 18.7. The molecule has 0 amide bonds. The molecule has 0 aliphatic heterocycles. The predicted octanol–water partition coefficient (Wildman–Crippen LogP) is 14.8. The number of hydrogen-bond donors (Lipinski definition) is 0. The second-order valence-electron chi connectivity index (χ2n) is 14.4. The molecule has 0 atom stereocenters. The van der Waals surface area contributed by atoms with E-state index in [0.717, 1.165) is 33.9 Å². The molecule has 0 saturated carbocycles. The van der Waals surface area contributed by atoms with E-state index in [9.17, 15) is 0 Å². The summed E-state index contributed by atoms with van der Waals surface area (Å²) in [4.78, 5) is 4.70. The van der Waals surface area contributed by atoms with E-state index in [1.54, 1.807) is 0 Å². The maximum absolute atomic E-state index is 2.35. The molecule has 54 heavy (non-hydrogen) atoms. The molecule has 0 bridgehead atoms. The van der Waals surface area contributed by atoms with Crippen LogP contribution in [0.25, 0.3) is 24.3 Å². The normalized spacial score (nSPS) is 11.4. The second kappa shape index (κ2) is 16.1. The number of benzene rings is 7. The zero-order valence-electron chi connectivity index (χ0n) is 32.2.